The van der Waals surface area contributed by atoms with E-state index in [4.69, 9.17) is 11.5 Å². The third kappa shape index (κ3) is 3.51. The van der Waals surface area contributed by atoms with Crippen molar-refractivity contribution in [2.45, 2.75) is 18.6 Å². The van der Waals surface area contributed by atoms with E-state index in [1.165, 1.54) is 0 Å². The smallest absolute Gasteiger partial charge is 0.149 e. The summed E-state index contributed by atoms with van der Waals surface area (Å²) >= 11 is 1.81. The molecule has 1 heterocycles. The maximum absolute atomic E-state index is 5.61. The van der Waals surface area contributed by atoms with Gasteiger partial charge >= 0.3 is 0 Å². The van der Waals surface area contributed by atoms with E-state index in [0.29, 0.717) is 11.5 Å². The molecule has 0 bridgehead atoms. The van der Waals surface area contributed by atoms with Gasteiger partial charge in [0.1, 0.15) is 11.6 Å². The van der Waals surface area contributed by atoms with Crippen LogP contribution >= 0.6 is 11.8 Å². The number of hydrogen-bond donors (Lipinski definition) is 3. The van der Waals surface area contributed by atoms with E-state index < -0.39 is 0 Å². The summed E-state index contributed by atoms with van der Waals surface area (Å²) in [5, 5.41) is 3.24. The molecule has 0 fully saturated rings. The number of pyridine rings is 1. The number of rotatable bonds is 4. The summed E-state index contributed by atoms with van der Waals surface area (Å²) in [6.07, 6.45) is 2.09. The van der Waals surface area contributed by atoms with Crippen LogP contribution in [0.3, 0.4) is 0 Å². The molecule has 0 amide bonds. The summed E-state index contributed by atoms with van der Waals surface area (Å²) in [6, 6.07) is 3.60. The van der Waals surface area contributed by atoms with E-state index in [9.17, 15) is 0 Å². The van der Waals surface area contributed by atoms with Gasteiger partial charge in [0.15, 0.2) is 0 Å². The maximum Gasteiger partial charge on any atom is 0.149 e. The Morgan fingerprint density at radius 3 is 2.60 bits per heavy atom. The number of thioether (sulfide) groups is 1. The molecule has 5 N–H and O–H groups in total. The molecule has 0 spiro atoms. The van der Waals surface area contributed by atoms with Crippen LogP contribution in [0.5, 0.6) is 0 Å². The third-order valence-corrected chi connectivity index (χ3v) is 3.45. The average molecular weight is 226 g/mol. The second-order valence-corrected chi connectivity index (χ2v) is 5.50. The number of aromatic nitrogens is 1. The fraction of sp³-hybridized carbons (Fsp3) is 0.500. The molecule has 0 saturated heterocycles. The highest BCUT2D eigenvalue weighted by molar-refractivity contribution is 7.99. The molecule has 0 aliphatic carbocycles. The van der Waals surface area contributed by atoms with Crippen LogP contribution < -0.4 is 16.8 Å². The standard InChI is InChI=1S/C10H18N4S/c1-10(2,15-3)6-13-8-5-4-7(11)9(12)14-8/h4-5H,6,11H2,1-3H3,(H3,12,13,14). The lowest BCUT2D eigenvalue weighted by molar-refractivity contribution is 0.750. The number of nitrogens with one attached hydrogen (secondary N) is 1. The Morgan fingerprint density at radius 2 is 2.07 bits per heavy atom. The van der Waals surface area contributed by atoms with Crippen molar-refractivity contribution < 1.29 is 0 Å². The van der Waals surface area contributed by atoms with Crippen molar-refractivity contribution in [1.82, 2.24) is 4.98 Å². The Kier molecular flexibility index (Phi) is 3.68. The fourth-order valence-electron chi connectivity index (χ4n) is 0.960. The van der Waals surface area contributed by atoms with Crippen LogP contribution in [0.1, 0.15) is 13.8 Å². The van der Waals surface area contributed by atoms with Gasteiger partial charge in [-0.3, -0.25) is 0 Å². The van der Waals surface area contributed by atoms with Crippen molar-refractivity contribution >= 4 is 29.1 Å². The lowest BCUT2D eigenvalue weighted by Gasteiger charge is -2.22. The highest BCUT2D eigenvalue weighted by atomic mass is 32.2. The predicted molar refractivity (Wildman–Crippen MR) is 69.1 cm³/mol. The zero-order chi connectivity index (χ0) is 11.5. The van der Waals surface area contributed by atoms with Crippen LogP contribution in [0, 0.1) is 0 Å². The number of nitrogens with zero attached hydrogens (tertiary/aromatic N) is 1. The first-order valence-corrected chi connectivity index (χ1v) is 5.98. The van der Waals surface area contributed by atoms with Crippen LogP contribution in [0.2, 0.25) is 0 Å². The normalized spacial score (nSPS) is 11.4. The Hall–Kier alpha value is -1.10. The molecule has 1 rings (SSSR count). The zero-order valence-corrected chi connectivity index (χ0v) is 10.2. The highest BCUT2D eigenvalue weighted by Gasteiger charge is 2.15. The number of nitrogen functional groups attached to an aromatic ring is 2. The van der Waals surface area contributed by atoms with Crippen molar-refractivity contribution in [3.63, 3.8) is 0 Å². The molecule has 0 aromatic carbocycles. The van der Waals surface area contributed by atoms with Gasteiger partial charge in [-0.05, 0) is 32.2 Å². The van der Waals surface area contributed by atoms with Gasteiger partial charge in [0.2, 0.25) is 0 Å². The molecule has 4 nitrogen and oxygen atoms in total. The van der Waals surface area contributed by atoms with Crippen LogP contribution in [0.25, 0.3) is 0 Å². The molecular weight excluding hydrogens is 208 g/mol. The molecule has 1 aromatic heterocycles. The van der Waals surface area contributed by atoms with E-state index in [1.54, 1.807) is 6.07 Å². The van der Waals surface area contributed by atoms with E-state index in [2.05, 4.69) is 30.4 Å². The summed E-state index contributed by atoms with van der Waals surface area (Å²) in [5.41, 5.74) is 11.7. The second kappa shape index (κ2) is 4.61. The van der Waals surface area contributed by atoms with Crippen LogP contribution in [0.15, 0.2) is 12.1 Å². The average Bonchev–Trinajstić information content (AvgIpc) is 2.20. The molecule has 0 atom stereocenters. The summed E-state index contributed by atoms with van der Waals surface area (Å²) in [5.74, 6) is 1.14. The van der Waals surface area contributed by atoms with Crippen molar-refractivity contribution in [3.05, 3.63) is 12.1 Å². The van der Waals surface area contributed by atoms with Gasteiger partial charge in [-0.2, -0.15) is 11.8 Å². The van der Waals surface area contributed by atoms with Crippen molar-refractivity contribution in [2.75, 3.05) is 29.6 Å². The van der Waals surface area contributed by atoms with Crippen molar-refractivity contribution in [2.24, 2.45) is 0 Å². The molecule has 84 valence electrons. The summed E-state index contributed by atoms with van der Waals surface area (Å²) in [6.45, 7) is 5.18. The highest BCUT2D eigenvalue weighted by Crippen LogP contribution is 2.22. The van der Waals surface area contributed by atoms with E-state index in [1.807, 2.05) is 17.8 Å². The minimum absolute atomic E-state index is 0.178. The lowest BCUT2D eigenvalue weighted by Crippen LogP contribution is -2.26. The van der Waals surface area contributed by atoms with Crippen LogP contribution in [-0.4, -0.2) is 22.5 Å². The van der Waals surface area contributed by atoms with E-state index >= 15 is 0 Å². The first kappa shape index (κ1) is 12.0. The molecule has 5 heteroatoms. The molecule has 0 radical (unpaired) electrons. The van der Waals surface area contributed by atoms with Crippen molar-refractivity contribution in [1.29, 1.82) is 0 Å². The van der Waals surface area contributed by atoms with Gasteiger partial charge in [0, 0.05) is 11.3 Å². The number of hydrogen-bond acceptors (Lipinski definition) is 5. The van der Waals surface area contributed by atoms with Gasteiger partial charge in [-0.25, -0.2) is 4.98 Å². The van der Waals surface area contributed by atoms with Gasteiger partial charge in [0.25, 0.3) is 0 Å². The SMILES string of the molecule is CSC(C)(C)CNc1ccc(N)c(N)n1. The largest absolute Gasteiger partial charge is 0.396 e. The molecule has 0 aliphatic rings. The van der Waals surface area contributed by atoms with E-state index in [0.717, 1.165) is 12.4 Å². The minimum Gasteiger partial charge on any atom is -0.396 e. The zero-order valence-electron chi connectivity index (χ0n) is 9.37. The van der Waals surface area contributed by atoms with Crippen molar-refractivity contribution in [3.8, 4) is 0 Å². The Labute approximate surface area is 94.8 Å². The fourth-order valence-corrected chi connectivity index (χ4v) is 1.18. The quantitative estimate of drug-likeness (QED) is 0.729. The number of nitrogens with two attached hydrogens (primary N) is 2. The Bertz CT molecular complexity index is 338. The molecule has 0 unspecified atom stereocenters. The summed E-state index contributed by atoms with van der Waals surface area (Å²) in [7, 11) is 0. The maximum atomic E-state index is 5.61. The van der Waals surface area contributed by atoms with Gasteiger partial charge in [0.05, 0.1) is 5.69 Å². The lowest BCUT2D eigenvalue weighted by atomic mass is 10.2. The minimum atomic E-state index is 0.178. The van der Waals surface area contributed by atoms with Gasteiger partial charge < -0.3 is 16.8 Å². The summed E-state index contributed by atoms with van der Waals surface area (Å²) < 4.78 is 0.178. The molecule has 15 heavy (non-hydrogen) atoms. The monoisotopic (exact) mass is 226 g/mol. The molecule has 1 aromatic rings. The molecule has 0 saturated carbocycles. The first-order valence-electron chi connectivity index (χ1n) is 4.75. The predicted octanol–water partition coefficient (Wildman–Crippen LogP) is 1.80. The molecular formula is C10H18N4S. The summed E-state index contributed by atoms with van der Waals surface area (Å²) in [4.78, 5) is 4.14. The second-order valence-electron chi connectivity index (χ2n) is 3.99. The first-order chi connectivity index (χ1) is 6.94. The van der Waals surface area contributed by atoms with Gasteiger partial charge in [-0.15, -0.1) is 0 Å². The van der Waals surface area contributed by atoms with E-state index in [-0.39, 0.29) is 4.75 Å². The van der Waals surface area contributed by atoms with Gasteiger partial charge in [-0.1, -0.05) is 0 Å². The third-order valence-electron chi connectivity index (χ3n) is 2.21. The van der Waals surface area contributed by atoms with Crippen LogP contribution in [-0.2, 0) is 0 Å². The topological polar surface area (TPSA) is 77.0 Å². The Morgan fingerprint density at radius 1 is 1.40 bits per heavy atom. The Balaban J connectivity index is 2.62. The van der Waals surface area contributed by atoms with Crippen LogP contribution in [0.4, 0.5) is 17.3 Å². The number of anilines is 3. The molecule has 0 aliphatic heterocycles.